The van der Waals surface area contributed by atoms with E-state index in [0.717, 1.165) is 74.2 Å². The number of ether oxygens (including phenoxy) is 1. The van der Waals surface area contributed by atoms with Gasteiger partial charge >= 0.3 is 5.97 Å². The third-order valence-electron chi connectivity index (χ3n) is 8.06. The van der Waals surface area contributed by atoms with Crippen molar-refractivity contribution in [3.05, 3.63) is 57.0 Å². The Labute approximate surface area is 193 Å². The van der Waals surface area contributed by atoms with Crippen molar-refractivity contribution < 1.29 is 14.6 Å². The average Bonchev–Trinajstić information content (AvgIpc) is 3.20. The van der Waals surface area contributed by atoms with Crippen molar-refractivity contribution in [1.82, 2.24) is 14.7 Å². The Kier molecular flexibility index (Phi) is 5.74. The van der Waals surface area contributed by atoms with Crippen molar-refractivity contribution >= 4 is 11.7 Å². The molecule has 1 aromatic heterocycles. The Bertz CT molecular complexity index is 1110. The van der Waals surface area contributed by atoms with Crippen molar-refractivity contribution in [2.45, 2.75) is 45.3 Å². The normalized spacial score (nSPS) is 21.2. The van der Waals surface area contributed by atoms with Crippen LogP contribution in [0.25, 0.3) is 0 Å². The van der Waals surface area contributed by atoms with E-state index in [-0.39, 0.29) is 11.5 Å². The zero-order valence-electron chi connectivity index (χ0n) is 19.4. The minimum Gasteiger partial charge on any atom is -0.457 e. The predicted molar refractivity (Wildman–Crippen MR) is 124 cm³/mol. The molecule has 4 heterocycles. The first kappa shape index (κ1) is 22.1. The molecule has 2 saturated heterocycles. The number of fused-ring (bicyclic) bond motifs is 1. The summed E-state index contributed by atoms with van der Waals surface area (Å²) >= 11 is 0. The number of esters is 1. The summed E-state index contributed by atoms with van der Waals surface area (Å²) in [7, 11) is 1.67. The zero-order valence-corrected chi connectivity index (χ0v) is 19.4. The number of β-amino-alcohol motifs (C(OH)–C–C–N with tert-alkyl or cyclic N) is 1. The summed E-state index contributed by atoms with van der Waals surface area (Å²) in [4.78, 5) is 28.3. The van der Waals surface area contributed by atoms with Gasteiger partial charge in [-0.25, -0.2) is 9.48 Å². The number of hydrogen-bond donors (Lipinski definition) is 1. The van der Waals surface area contributed by atoms with Gasteiger partial charge in [-0.1, -0.05) is 6.07 Å². The minimum absolute atomic E-state index is 0.0719. The number of hydrogen-bond acceptors (Lipinski definition) is 7. The van der Waals surface area contributed by atoms with Crippen molar-refractivity contribution in [1.29, 1.82) is 0 Å². The van der Waals surface area contributed by atoms with E-state index in [0.29, 0.717) is 24.1 Å². The number of nitrogens with zero attached hydrogens (tertiary/aromatic N) is 4. The Morgan fingerprint density at radius 1 is 1.12 bits per heavy atom. The van der Waals surface area contributed by atoms with Crippen LogP contribution in [0, 0.1) is 12.3 Å². The number of aliphatic hydroxyl groups excluding tert-OH is 1. The number of carbonyl (C=O) groups is 1. The number of aliphatic hydroxyl groups is 1. The van der Waals surface area contributed by atoms with Crippen LogP contribution in [0.2, 0.25) is 0 Å². The van der Waals surface area contributed by atoms with Crippen LogP contribution in [0.15, 0.2) is 29.2 Å². The Morgan fingerprint density at radius 3 is 2.52 bits per heavy atom. The monoisotopic (exact) mass is 452 g/mol. The van der Waals surface area contributed by atoms with Gasteiger partial charge in [-0.15, -0.1) is 0 Å². The van der Waals surface area contributed by atoms with E-state index in [1.54, 1.807) is 25.4 Å². The largest absolute Gasteiger partial charge is 0.457 e. The lowest BCUT2D eigenvalue weighted by molar-refractivity contribution is 0.0448. The number of piperidine rings is 2. The number of benzene rings is 1. The predicted octanol–water partition coefficient (Wildman–Crippen LogP) is 2.18. The fraction of sp³-hybridized carbons (Fsp3) is 0.560. The van der Waals surface area contributed by atoms with Crippen LogP contribution in [0.3, 0.4) is 0 Å². The minimum atomic E-state index is -0.574. The van der Waals surface area contributed by atoms with Gasteiger partial charge < -0.3 is 19.6 Å². The number of rotatable bonds is 4. The Balaban J connectivity index is 1.16. The van der Waals surface area contributed by atoms with Gasteiger partial charge in [0.05, 0.1) is 23.6 Å². The summed E-state index contributed by atoms with van der Waals surface area (Å²) in [6.45, 7) is 6.74. The number of aromatic nitrogens is 2. The summed E-state index contributed by atoms with van der Waals surface area (Å²) in [6.07, 6.45) is 5.72. The van der Waals surface area contributed by atoms with Crippen LogP contribution >= 0.6 is 0 Å². The van der Waals surface area contributed by atoms with Crippen LogP contribution in [0.4, 0.5) is 5.69 Å². The highest BCUT2D eigenvalue weighted by atomic mass is 16.5. The van der Waals surface area contributed by atoms with Crippen LogP contribution in [0.1, 0.15) is 58.8 Å². The summed E-state index contributed by atoms with van der Waals surface area (Å²) in [5.74, 6) is -0.271. The van der Waals surface area contributed by atoms with Crippen molar-refractivity contribution in [2.75, 3.05) is 37.6 Å². The molecule has 3 aliphatic rings. The first-order valence-corrected chi connectivity index (χ1v) is 11.8. The maximum atomic E-state index is 11.9. The van der Waals surface area contributed by atoms with E-state index in [2.05, 4.69) is 14.9 Å². The molecular formula is C25H32N4O4. The van der Waals surface area contributed by atoms with Crippen molar-refractivity contribution in [3.8, 4) is 0 Å². The van der Waals surface area contributed by atoms with Crippen LogP contribution in [-0.2, 0) is 18.4 Å². The first-order valence-electron chi connectivity index (χ1n) is 11.8. The van der Waals surface area contributed by atoms with Gasteiger partial charge in [-0.2, -0.15) is 5.10 Å². The number of likely N-dealkylation sites (tertiary alicyclic amines) is 1. The second-order valence-corrected chi connectivity index (χ2v) is 9.86. The van der Waals surface area contributed by atoms with Gasteiger partial charge in [0.25, 0.3) is 5.56 Å². The lowest BCUT2D eigenvalue weighted by Gasteiger charge is -2.47. The molecule has 1 aromatic carbocycles. The summed E-state index contributed by atoms with van der Waals surface area (Å²) in [6, 6.07) is 5.34. The number of anilines is 1. The number of cyclic esters (lactones) is 1. The standard InChI is InChI=1S/C25H32N4O4/c1-17-19(3-4-20-21(17)16-33-24(20)32)22(30)15-28-9-5-25(6-10-28)7-11-29(12-8-25)18-13-23(31)27(2)26-14-18/h3-4,13-14,22,30H,5-12,15-16H2,1-2H3/t22-/m0/s1. The van der Waals surface area contributed by atoms with E-state index < -0.39 is 6.10 Å². The molecule has 3 aliphatic heterocycles. The maximum Gasteiger partial charge on any atom is 0.338 e. The molecule has 2 fully saturated rings. The summed E-state index contributed by atoms with van der Waals surface area (Å²) in [5.41, 5.74) is 4.60. The van der Waals surface area contributed by atoms with E-state index in [4.69, 9.17) is 4.74 Å². The molecular weight excluding hydrogens is 420 g/mol. The smallest absolute Gasteiger partial charge is 0.338 e. The molecule has 0 bridgehead atoms. The summed E-state index contributed by atoms with van der Waals surface area (Å²) < 4.78 is 6.50. The Morgan fingerprint density at radius 2 is 1.82 bits per heavy atom. The molecule has 8 nitrogen and oxygen atoms in total. The molecule has 5 rings (SSSR count). The molecule has 1 atom stereocenters. The van der Waals surface area contributed by atoms with Crippen LogP contribution in [-0.4, -0.2) is 58.5 Å². The lowest BCUT2D eigenvalue weighted by Crippen LogP contribution is -2.47. The third kappa shape index (κ3) is 4.17. The fourth-order valence-corrected chi connectivity index (χ4v) is 5.65. The molecule has 0 saturated carbocycles. The molecule has 0 amide bonds. The van der Waals surface area contributed by atoms with Crippen LogP contribution < -0.4 is 10.5 Å². The number of carbonyl (C=O) groups excluding carboxylic acids is 1. The molecule has 0 radical (unpaired) electrons. The van der Waals surface area contributed by atoms with Crippen molar-refractivity contribution in [2.24, 2.45) is 12.5 Å². The molecule has 8 heteroatoms. The second-order valence-electron chi connectivity index (χ2n) is 9.86. The Hall–Kier alpha value is -2.71. The van der Waals surface area contributed by atoms with Gasteiger partial charge in [0.2, 0.25) is 0 Å². The zero-order chi connectivity index (χ0) is 23.2. The molecule has 33 heavy (non-hydrogen) atoms. The van der Waals surface area contributed by atoms with E-state index >= 15 is 0 Å². The molecule has 0 aliphatic carbocycles. The first-order chi connectivity index (χ1) is 15.8. The average molecular weight is 453 g/mol. The van der Waals surface area contributed by atoms with Gasteiger partial charge in [-0.3, -0.25) is 4.79 Å². The van der Waals surface area contributed by atoms with Gasteiger partial charge in [0, 0.05) is 38.3 Å². The topological polar surface area (TPSA) is 87.9 Å². The molecule has 1 N–H and O–H groups in total. The van der Waals surface area contributed by atoms with Crippen LogP contribution in [0.5, 0.6) is 0 Å². The van der Waals surface area contributed by atoms with E-state index in [1.165, 1.54) is 4.68 Å². The SMILES string of the molecule is Cc1c([C@@H](O)CN2CCC3(CC2)CCN(c2cnn(C)c(=O)c2)CC3)ccc2c1COC2=O. The molecule has 0 unspecified atom stereocenters. The fourth-order valence-electron chi connectivity index (χ4n) is 5.65. The molecule has 176 valence electrons. The highest BCUT2D eigenvalue weighted by molar-refractivity contribution is 5.93. The lowest BCUT2D eigenvalue weighted by atomic mass is 9.71. The second kappa shape index (κ2) is 8.57. The third-order valence-corrected chi connectivity index (χ3v) is 8.06. The maximum absolute atomic E-state index is 11.9. The quantitative estimate of drug-likeness (QED) is 0.712. The highest BCUT2D eigenvalue weighted by Gasteiger charge is 2.38. The summed E-state index contributed by atoms with van der Waals surface area (Å²) in [5, 5.41) is 15.1. The van der Waals surface area contributed by atoms with Gasteiger partial charge in [0.1, 0.15) is 6.61 Å². The van der Waals surface area contributed by atoms with Gasteiger partial charge in [0.15, 0.2) is 0 Å². The highest BCUT2D eigenvalue weighted by Crippen LogP contribution is 2.42. The van der Waals surface area contributed by atoms with E-state index in [1.807, 2.05) is 13.0 Å². The molecule has 2 aromatic rings. The number of aryl methyl sites for hydroxylation is 1. The molecule has 1 spiro atoms. The van der Waals surface area contributed by atoms with Gasteiger partial charge in [-0.05, 0) is 68.3 Å². The van der Waals surface area contributed by atoms with Crippen molar-refractivity contribution in [3.63, 3.8) is 0 Å². The van der Waals surface area contributed by atoms with E-state index in [9.17, 15) is 14.7 Å².